The summed E-state index contributed by atoms with van der Waals surface area (Å²) in [5.74, 6) is 2.00. The predicted molar refractivity (Wildman–Crippen MR) is 237 cm³/mol. The molecule has 1 aliphatic heterocycles. The molecule has 0 saturated carbocycles. The molecule has 6 nitrogen and oxygen atoms in total. The van der Waals surface area contributed by atoms with Crippen molar-refractivity contribution in [1.29, 1.82) is 10.5 Å². The third-order valence-electron chi connectivity index (χ3n) is 12.2. The summed E-state index contributed by atoms with van der Waals surface area (Å²) in [4.78, 5) is 10.2. The van der Waals surface area contributed by atoms with Crippen molar-refractivity contribution >= 4 is 21.8 Å². The van der Waals surface area contributed by atoms with E-state index in [0.29, 0.717) is 28.2 Å². The van der Waals surface area contributed by atoms with Gasteiger partial charge in [0.05, 0.1) is 50.7 Å². The maximum absolute atomic E-state index is 10.8. The van der Waals surface area contributed by atoms with Crippen molar-refractivity contribution in [2.24, 2.45) is 0 Å². The molecule has 2 aromatic heterocycles. The van der Waals surface area contributed by atoms with E-state index in [4.69, 9.17) is 14.7 Å². The highest BCUT2D eigenvalue weighted by Crippen LogP contribution is 2.62. The highest BCUT2D eigenvalue weighted by Gasteiger charge is 2.51. The zero-order chi connectivity index (χ0) is 40.7. The minimum atomic E-state index is -0.720. The van der Waals surface area contributed by atoms with Gasteiger partial charge in [0, 0.05) is 44.2 Å². The Morgan fingerprint density at radius 2 is 1.15 bits per heavy atom. The van der Waals surface area contributed by atoms with E-state index in [0.717, 1.165) is 89.2 Å². The minimum absolute atomic E-state index is 0.311. The molecule has 1 aliphatic carbocycles. The number of ether oxygens (including phenoxy) is 1. The maximum atomic E-state index is 10.8. The number of hydrogen-bond donors (Lipinski definition) is 0. The molecule has 0 atom stereocenters. The van der Waals surface area contributed by atoms with Crippen LogP contribution in [0.4, 0.5) is 0 Å². The SMILES string of the molecule is N#Cc1cc(C#N)c(-n2c3ccccc3c3cc4c(cc32)-c2ccc#cc2C42c3ccccc3Oc3ccccc32)cc1-c1nc(-c2ccccc2)cc(-c2ccccc2)n1. The van der Waals surface area contributed by atoms with Gasteiger partial charge < -0.3 is 9.30 Å². The Kier molecular flexibility index (Phi) is 7.38. The van der Waals surface area contributed by atoms with Crippen molar-refractivity contribution in [3.8, 4) is 74.4 Å². The summed E-state index contributed by atoms with van der Waals surface area (Å²) < 4.78 is 8.73. The normalized spacial score (nSPS) is 12.7. The Bertz CT molecular complexity index is 3440. The van der Waals surface area contributed by atoms with E-state index in [2.05, 4.69) is 89.5 Å². The first-order valence-electron chi connectivity index (χ1n) is 20.0. The fourth-order valence-corrected chi connectivity index (χ4v) is 9.63. The van der Waals surface area contributed by atoms with E-state index in [9.17, 15) is 10.5 Å². The molecule has 0 fully saturated rings. The summed E-state index contributed by atoms with van der Waals surface area (Å²) in [5.41, 5.74) is 12.6. The van der Waals surface area contributed by atoms with Gasteiger partial charge in [0.2, 0.25) is 0 Å². The molecule has 3 heterocycles. The van der Waals surface area contributed by atoms with Gasteiger partial charge in [-0.05, 0) is 77.4 Å². The van der Waals surface area contributed by atoms with Crippen LogP contribution in [0.3, 0.4) is 0 Å². The molecule has 6 heteroatoms. The van der Waals surface area contributed by atoms with Gasteiger partial charge in [-0.15, -0.1) is 0 Å². The summed E-state index contributed by atoms with van der Waals surface area (Å²) in [6.07, 6.45) is 0. The highest BCUT2D eigenvalue weighted by atomic mass is 16.5. The average molecular weight is 776 g/mol. The van der Waals surface area contributed by atoms with E-state index in [-0.39, 0.29) is 0 Å². The molecule has 280 valence electrons. The van der Waals surface area contributed by atoms with Crippen molar-refractivity contribution in [3.63, 3.8) is 0 Å². The van der Waals surface area contributed by atoms with E-state index in [1.807, 2.05) is 109 Å². The van der Waals surface area contributed by atoms with Gasteiger partial charge in [0.25, 0.3) is 0 Å². The van der Waals surface area contributed by atoms with Crippen LogP contribution >= 0.6 is 0 Å². The van der Waals surface area contributed by atoms with Crippen LogP contribution in [0.5, 0.6) is 11.5 Å². The second-order valence-corrected chi connectivity index (χ2v) is 15.3. The Morgan fingerprint density at radius 1 is 0.525 bits per heavy atom. The highest BCUT2D eigenvalue weighted by molar-refractivity contribution is 6.12. The molecule has 0 amide bonds. The smallest absolute Gasteiger partial charge is 0.161 e. The van der Waals surface area contributed by atoms with Crippen molar-refractivity contribution in [1.82, 2.24) is 14.5 Å². The molecule has 0 unspecified atom stereocenters. The van der Waals surface area contributed by atoms with Crippen LogP contribution in [-0.2, 0) is 5.41 Å². The van der Waals surface area contributed by atoms with Crippen molar-refractivity contribution < 1.29 is 4.74 Å². The summed E-state index contributed by atoms with van der Waals surface area (Å²) in [6, 6.07) is 70.7. The number of nitriles is 2. The fourth-order valence-electron chi connectivity index (χ4n) is 9.63. The van der Waals surface area contributed by atoms with Crippen LogP contribution in [0, 0.1) is 34.8 Å². The average Bonchev–Trinajstić information content (AvgIpc) is 3.80. The molecule has 12 rings (SSSR count). The van der Waals surface area contributed by atoms with Crippen LogP contribution < -0.4 is 4.74 Å². The van der Waals surface area contributed by atoms with Gasteiger partial charge in [0.15, 0.2) is 5.82 Å². The van der Waals surface area contributed by atoms with Crippen LogP contribution in [0.2, 0.25) is 0 Å². The Hall–Kier alpha value is -8.76. The third kappa shape index (κ3) is 4.90. The third-order valence-corrected chi connectivity index (χ3v) is 12.2. The summed E-state index contributed by atoms with van der Waals surface area (Å²) in [5, 5.41) is 23.6. The molecule has 0 bridgehead atoms. The molecule has 61 heavy (non-hydrogen) atoms. The summed E-state index contributed by atoms with van der Waals surface area (Å²) >= 11 is 0. The Morgan fingerprint density at radius 3 is 1.82 bits per heavy atom. The topological polar surface area (TPSA) is 87.5 Å². The van der Waals surface area contributed by atoms with E-state index in [1.54, 1.807) is 6.07 Å². The van der Waals surface area contributed by atoms with Crippen molar-refractivity contribution in [3.05, 3.63) is 221 Å². The molecule has 8 aromatic carbocycles. The number of aromatic nitrogens is 3. The standard InChI is InChI=1S/C55H29N5O/c56-32-36-27-37(33-57)50(29-40(36)54-58-47(34-15-3-1-4-16-34)31-48(59-54)35-17-5-2-6-18-35)60-49-24-12-8-20-39(49)42-28-46-41(30-51(42)60)38-19-7-9-21-43(38)55(46)44-22-10-13-25-52(44)61-53-26-14-11-23-45(53)55/h1-8,10-20,22-31H. The van der Waals surface area contributed by atoms with Crippen molar-refractivity contribution in [2.45, 2.75) is 5.41 Å². The van der Waals surface area contributed by atoms with Crippen LogP contribution in [0.1, 0.15) is 33.4 Å². The number of para-hydroxylation sites is 3. The zero-order valence-corrected chi connectivity index (χ0v) is 32.4. The summed E-state index contributed by atoms with van der Waals surface area (Å²) in [7, 11) is 0. The first kappa shape index (κ1) is 34.3. The molecule has 10 aromatic rings. The first-order chi connectivity index (χ1) is 30.1. The fraction of sp³-hybridized carbons (Fsp3) is 0.0182. The van der Waals surface area contributed by atoms with E-state index >= 15 is 0 Å². The largest absolute Gasteiger partial charge is 0.457 e. The van der Waals surface area contributed by atoms with E-state index < -0.39 is 5.41 Å². The number of nitrogens with zero attached hydrogens (tertiary/aromatic N) is 5. The van der Waals surface area contributed by atoms with Gasteiger partial charge in [0.1, 0.15) is 17.6 Å². The van der Waals surface area contributed by atoms with Crippen LogP contribution in [-0.4, -0.2) is 14.5 Å². The number of hydrogen-bond acceptors (Lipinski definition) is 5. The zero-order valence-electron chi connectivity index (χ0n) is 32.4. The van der Waals surface area contributed by atoms with Gasteiger partial charge in [-0.3, -0.25) is 0 Å². The molecule has 0 saturated heterocycles. The molecular formula is C55H29N5O. The second-order valence-electron chi connectivity index (χ2n) is 15.3. The molecule has 2 aliphatic rings. The quantitative estimate of drug-likeness (QED) is 0.178. The molecule has 0 N–H and O–H groups in total. The molecule has 1 spiro atoms. The van der Waals surface area contributed by atoms with Gasteiger partial charge in [-0.25, -0.2) is 9.97 Å². The monoisotopic (exact) mass is 775 g/mol. The Balaban J connectivity index is 1.15. The first-order valence-corrected chi connectivity index (χ1v) is 20.0. The lowest BCUT2D eigenvalue weighted by molar-refractivity contribution is 0.436. The lowest BCUT2D eigenvalue weighted by atomic mass is 9.66. The number of benzene rings is 7. The van der Waals surface area contributed by atoms with Crippen molar-refractivity contribution in [2.75, 3.05) is 0 Å². The predicted octanol–water partition coefficient (Wildman–Crippen LogP) is 12.4. The lowest BCUT2D eigenvalue weighted by Crippen LogP contribution is -2.31. The minimum Gasteiger partial charge on any atom is -0.457 e. The second kappa shape index (κ2) is 13.1. The lowest BCUT2D eigenvalue weighted by Gasteiger charge is -2.38. The molecular weight excluding hydrogens is 747 g/mol. The van der Waals surface area contributed by atoms with Gasteiger partial charge in [-0.2, -0.15) is 10.5 Å². The Labute approximate surface area is 351 Å². The maximum Gasteiger partial charge on any atom is 0.161 e. The number of rotatable bonds is 4. The van der Waals surface area contributed by atoms with Gasteiger partial charge >= 0.3 is 0 Å². The van der Waals surface area contributed by atoms with E-state index in [1.165, 1.54) is 0 Å². The van der Waals surface area contributed by atoms with Gasteiger partial charge in [-0.1, -0.05) is 127 Å². The summed E-state index contributed by atoms with van der Waals surface area (Å²) in [6.45, 7) is 0. The number of fused-ring (bicyclic) bond motifs is 12. The van der Waals surface area contributed by atoms with Crippen LogP contribution in [0.15, 0.2) is 176 Å². The molecule has 0 radical (unpaired) electrons. The van der Waals surface area contributed by atoms with Crippen LogP contribution in [0.25, 0.3) is 72.5 Å².